The van der Waals surface area contributed by atoms with Crippen LogP contribution in [0.1, 0.15) is 13.8 Å². The predicted molar refractivity (Wildman–Crippen MR) is 101 cm³/mol. The van der Waals surface area contributed by atoms with Gasteiger partial charge in [0.2, 0.25) is 0 Å². The van der Waals surface area contributed by atoms with E-state index in [0.717, 1.165) is 8.63 Å². The first-order valence-corrected chi connectivity index (χ1v) is 23.8. The molecule has 10 aliphatic rings. The topological polar surface area (TPSA) is 0 Å². The van der Waals surface area contributed by atoms with Gasteiger partial charge in [-0.3, -0.25) is 0 Å². The summed E-state index contributed by atoms with van der Waals surface area (Å²) in [6.45, 7) is 18.9. The molecule has 0 aromatic heterocycles. The minimum absolute atomic E-state index is 0.988. The van der Waals surface area contributed by atoms with Gasteiger partial charge in [0.05, 0.1) is 0 Å². The van der Waals surface area contributed by atoms with Gasteiger partial charge in [-0.1, -0.05) is 0 Å². The van der Waals surface area contributed by atoms with E-state index in [-0.39, 0.29) is 0 Å². The Bertz CT molecular complexity index is 1080. The Kier molecular flexibility index (Phi) is 0.559. The summed E-state index contributed by atoms with van der Waals surface area (Å²) >= 11 is 0. The van der Waals surface area contributed by atoms with Crippen LogP contribution in [0, 0.1) is 0 Å². The molecule has 0 N–H and O–H groups in total. The van der Waals surface area contributed by atoms with E-state index >= 15 is 0 Å². The van der Waals surface area contributed by atoms with Crippen molar-refractivity contribution in [1.29, 1.82) is 0 Å². The van der Waals surface area contributed by atoms with E-state index < -0.39 is 22.7 Å². The molecule has 0 bridgehead atoms. The van der Waals surface area contributed by atoms with Crippen LogP contribution < -0.4 is 0 Å². The molecule has 0 amide bonds. The molecule has 1 spiro atoms. The fourth-order valence-corrected chi connectivity index (χ4v) is 111. The third kappa shape index (κ3) is 0.160. The van der Waals surface area contributed by atoms with Crippen LogP contribution in [-0.4, -0.2) is 16.1 Å². The fraction of sp³-hybridized carbons (Fsp3) is 1.00. The third-order valence-electron chi connectivity index (χ3n) is 18.9. The molecule has 10 heterocycles. The van der Waals surface area contributed by atoms with Gasteiger partial charge in [0.25, 0.3) is 0 Å². The van der Waals surface area contributed by atoms with E-state index in [1.807, 2.05) is 0 Å². The van der Waals surface area contributed by atoms with Gasteiger partial charge in [-0.15, -0.1) is 0 Å². The Morgan fingerprint density at radius 3 is 1.04 bits per heavy atom. The first-order valence-electron chi connectivity index (χ1n) is 10.5. The predicted octanol–water partition coefficient (Wildman–Crippen LogP) is 7.57. The molecule has 0 aromatic rings. The maximum atomic E-state index is 2.82. The van der Waals surface area contributed by atoms with Crippen LogP contribution in [0.5, 0.6) is 0 Å². The van der Waals surface area contributed by atoms with Crippen LogP contribution in [0.2, 0.25) is 97.5 Å². The van der Waals surface area contributed by atoms with Crippen LogP contribution in [0.25, 0.3) is 0 Å². The SMILES string of the molecule is CC([C]12[CH]3[CH]4[CH]5[CH]1[Fe]45321678[CH]2[CH]1[CH]6[C]7(C(C)[Si](C)(C)C)[CH]28)[Si](C)(C)C. The summed E-state index contributed by atoms with van der Waals surface area (Å²) in [5.41, 5.74) is 2.41. The summed E-state index contributed by atoms with van der Waals surface area (Å²) < 4.78 is 2.26. The average molecular weight is 387 g/mol. The molecule has 10 saturated heterocycles. The summed E-state index contributed by atoms with van der Waals surface area (Å²) in [5, 5.41) is 0. The van der Waals surface area contributed by atoms with Crippen molar-refractivity contribution >= 4 is 16.1 Å². The van der Waals surface area contributed by atoms with Gasteiger partial charge in [0.1, 0.15) is 0 Å². The van der Waals surface area contributed by atoms with Gasteiger partial charge in [0.15, 0.2) is 0 Å². The van der Waals surface area contributed by atoms with Gasteiger partial charge < -0.3 is 0 Å². The van der Waals surface area contributed by atoms with Gasteiger partial charge in [-0.2, -0.15) is 0 Å². The van der Waals surface area contributed by atoms with Gasteiger partial charge in [-0.05, 0) is 0 Å². The second kappa shape index (κ2) is 1.11. The number of hydrogen-bond acceptors (Lipinski definition) is 0. The van der Waals surface area contributed by atoms with Crippen molar-refractivity contribution in [3.63, 3.8) is 0 Å². The first-order chi connectivity index (χ1) is 10.2. The zero-order valence-corrected chi connectivity index (χ0v) is 19.2. The number of rotatable bonds is 4. The van der Waals surface area contributed by atoms with E-state index in [4.69, 9.17) is 0 Å². The van der Waals surface area contributed by atoms with Crippen molar-refractivity contribution in [2.24, 2.45) is 0 Å². The second-order valence-corrected chi connectivity index (χ2v) is 50.6. The van der Waals surface area contributed by atoms with Crippen LogP contribution in [0.15, 0.2) is 0 Å². The van der Waals surface area contributed by atoms with Crippen LogP contribution in [0.4, 0.5) is 0 Å². The summed E-state index contributed by atoms with van der Waals surface area (Å²) in [7, 11) is -1.98. The van der Waals surface area contributed by atoms with Gasteiger partial charge in [-0.25, -0.2) is 0 Å². The molecule has 0 radical (unpaired) electrons. The van der Waals surface area contributed by atoms with Crippen molar-refractivity contribution < 1.29 is 6.51 Å². The Labute approximate surface area is 133 Å². The standard InChI is InChI=1S/2C10H17Si.Fe/c2*1-9(11(2,3)4)10-7-5-6-8-10;/h2*5-9H,1-4H3;. The van der Waals surface area contributed by atoms with Crippen molar-refractivity contribution in [3.05, 3.63) is 0 Å². The molecular weight excluding hydrogens is 352 g/mol. The molecule has 0 nitrogen and oxygen atoms in total. The molecule has 10 rings (SSSR count). The first kappa shape index (κ1) is 11.6. The van der Waals surface area contributed by atoms with Crippen molar-refractivity contribution in [2.75, 3.05) is 0 Å². The molecule has 0 saturated carbocycles. The summed E-state index contributed by atoms with van der Waals surface area (Å²) in [4.78, 5) is 11.9. The van der Waals surface area contributed by atoms with Crippen molar-refractivity contribution in [2.45, 2.75) is 111 Å². The number of hydrogen-bond donors (Lipinski definition) is 0. The van der Waals surface area contributed by atoms with Gasteiger partial charge >= 0.3 is 134 Å². The van der Waals surface area contributed by atoms with Crippen LogP contribution in [0.3, 0.4) is 0 Å². The van der Waals surface area contributed by atoms with E-state index in [0.29, 0.717) is 0 Å². The molecule has 0 aromatic carbocycles. The molecule has 3 heteroatoms. The molecule has 0 aliphatic carbocycles. The third-order valence-corrected chi connectivity index (χ3v) is 69.3. The Balaban J connectivity index is 1.40. The monoisotopic (exact) mass is 386 g/mol. The van der Waals surface area contributed by atoms with E-state index in [1.165, 1.54) is 49.6 Å². The van der Waals surface area contributed by atoms with Crippen molar-refractivity contribution in [3.8, 4) is 0 Å². The molecule has 10 atom stereocenters. The second-order valence-electron chi connectivity index (χ2n) is 16.1. The zero-order chi connectivity index (χ0) is 16.1. The fourth-order valence-electron chi connectivity index (χ4n) is 20.6. The zero-order valence-electron chi connectivity index (χ0n) is 16.1. The molecule has 10 unspecified atom stereocenters. The maximum absolute atomic E-state index is 3.14. The molecule has 10 fully saturated rings. The Hall–Kier alpha value is 0.953. The molecule has 23 heavy (non-hydrogen) atoms. The average Bonchev–Trinajstić information content (AvgIpc) is 3.36. The van der Waals surface area contributed by atoms with E-state index in [9.17, 15) is 0 Å². The quantitative estimate of drug-likeness (QED) is 0.437. The molecule has 130 valence electrons. The van der Waals surface area contributed by atoms with E-state index in [1.54, 1.807) is 0 Å². The number of fused-ring (bicyclic) bond motifs is 10. The molecule has 10 aliphatic heterocycles. The Morgan fingerprint density at radius 2 is 0.870 bits per heavy atom. The van der Waals surface area contributed by atoms with Crippen LogP contribution >= 0.6 is 0 Å². The molecular formula is C20H34FeSi2. The summed E-state index contributed by atoms with van der Waals surface area (Å²) in [6.07, 6.45) is 0. The summed E-state index contributed by atoms with van der Waals surface area (Å²) in [6, 6.07) is 0. The van der Waals surface area contributed by atoms with Crippen molar-refractivity contribution in [1.82, 2.24) is 0 Å². The van der Waals surface area contributed by atoms with E-state index in [2.05, 4.69) is 53.1 Å². The summed E-state index contributed by atoms with van der Waals surface area (Å²) in [5.74, 6) is 0. The van der Waals surface area contributed by atoms with Crippen LogP contribution in [-0.2, 0) is 6.51 Å². The Morgan fingerprint density at radius 1 is 0.609 bits per heavy atom. The minimum atomic E-state index is -3.14. The van der Waals surface area contributed by atoms with Gasteiger partial charge in [0, 0.05) is 0 Å². The normalized spacial score (nSPS) is 99.0.